The molecule has 6 heteroatoms. The van der Waals surface area contributed by atoms with Gasteiger partial charge in [-0.25, -0.2) is 0 Å². The van der Waals surface area contributed by atoms with E-state index in [4.69, 9.17) is 0 Å². The molecule has 0 fully saturated rings. The first-order valence-electron chi connectivity index (χ1n) is 16.9. The molecule has 39 heavy (non-hydrogen) atoms. The molecule has 2 N–H and O–H groups in total. The number of hydrogen-bond donors (Lipinski definition) is 2. The van der Waals surface area contributed by atoms with Crippen LogP contribution in [0.4, 0.5) is 0 Å². The molecule has 0 aliphatic rings. The summed E-state index contributed by atoms with van der Waals surface area (Å²) in [4.78, 5) is 20.1. The number of halogens is 1. The number of rotatable bonds is 29. The smallest absolute Gasteiger partial charge is 1.00 e. The fraction of sp³-hybridized carbons (Fsp3) is 1.00. The summed E-state index contributed by atoms with van der Waals surface area (Å²) >= 11 is -2.13. The van der Waals surface area contributed by atoms with Gasteiger partial charge < -0.3 is 24.0 Å². The quantitative estimate of drug-likeness (QED) is 0.0347. The van der Waals surface area contributed by atoms with E-state index >= 15 is 0 Å². The van der Waals surface area contributed by atoms with E-state index in [2.05, 4.69) is 31.0 Å². The third kappa shape index (κ3) is 25.6. The van der Waals surface area contributed by atoms with Crippen molar-refractivity contribution in [1.29, 1.82) is 0 Å². The summed E-state index contributed by atoms with van der Waals surface area (Å²) in [7, 11) is -4.01. The van der Waals surface area contributed by atoms with E-state index in [9.17, 15) is 14.4 Å². The molecule has 0 aliphatic carbocycles. The van der Waals surface area contributed by atoms with Gasteiger partial charge >= 0.3 is 204 Å². The van der Waals surface area contributed by atoms with E-state index < -0.39 is 21.1 Å². The van der Waals surface area contributed by atoms with Gasteiger partial charge in [-0.2, -0.15) is 0 Å². The Bertz CT molecular complexity index is 534. The molecule has 0 aromatic rings. The van der Waals surface area contributed by atoms with Gasteiger partial charge in [0.1, 0.15) is 0 Å². The maximum atomic E-state index is 12.3. The normalized spacial score (nSPS) is 12.6. The molecular formula is C33H71AsIO3P. The Morgan fingerprint density at radius 3 is 0.923 bits per heavy atom. The van der Waals surface area contributed by atoms with E-state index in [0.717, 1.165) is 25.7 Å². The average Bonchev–Trinajstić information content (AvgIpc) is 2.83. The van der Waals surface area contributed by atoms with Crippen molar-refractivity contribution >= 4 is 21.1 Å². The molecule has 0 rings (SSSR count). The molecule has 0 unspecified atom stereocenters. The van der Waals surface area contributed by atoms with Crippen LogP contribution < -0.4 is 24.0 Å². The number of hydrogen-bond acceptors (Lipinski definition) is 1. The standard InChI is InChI=1S/C33H70AsO3P.HI/c1-6-8-10-12-14-16-18-20-22-24-26-28-30-33(34(3,4)5,32-38(35,36)37)31-29-27-25-23-21-19-17-15-13-11-9-7-2;/h6-32H2,1-5H3,(H-,35,36,37);1H. The van der Waals surface area contributed by atoms with E-state index in [-0.39, 0.29) is 34.3 Å². The second kappa shape index (κ2) is 27.0. The Labute approximate surface area is 266 Å². The fourth-order valence-electron chi connectivity index (χ4n) is 6.14. The van der Waals surface area contributed by atoms with Crippen molar-refractivity contribution in [2.75, 3.05) is 6.16 Å². The topological polar surface area (TPSA) is 57.5 Å². The second-order valence-corrected chi connectivity index (χ2v) is 25.4. The van der Waals surface area contributed by atoms with Crippen LogP contribution >= 0.6 is 7.60 Å². The van der Waals surface area contributed by atoms with Gasteiger partial charge in [0.2, 0.25) is 0 Å². The van der Waals surface area contributed by atoms with Crippen molar-refractivity contribution in [3.8, 4) is 0 Å². The predicted octanol–water partition coefficient (Wildman–Crippen LogP) is 9.43. The van der Waals surface area contributed by atoms with Gasteiger partial charge in [-0.05, 0) is 0 Å². The zero-order valence-corrected chi connectivity index (χ0v) is 32.1. The monoisotopic (exact) mass is 748 g/mol. The minimum Gasteiger partial charge on any atom is -1.00 e. The van der Waals surface area contributed by atoms with Crippen molar-refractivity contribution in [2.24, 2.45) is 0 Å². The summed E-state index contributed by atoms with van der Waals surface area (Å²) in [6.07, 6.45) is 34.3. The zero-order valence-electron chi connectivity index (χ0n) is 27.2. The Hall–Kier alpha value is 1.44. The molecule has 0 aromatic carbocycles. The molecule has 238 valence electrons. The molecule has 0 bridgehead atoms. The van der Waals surface area contributed by atoms with Crippen LogP contribution in [-0.4, -0.2) is 29.5 Å². The molecule has 0 radical (unpaired) electrons. The molecule has 0 atom stereocenters. The third-order valence-corrected chi connectivity index (χ3v) is 17.7. The van der Waals surface area contributed by atoms with Crippen LogP contribution in [0.15, 0.2) is 0 Å². The molecule has 0 heterocycles. The molecule has 3 nitrogen and oxygen atoms in total. The van der Waals surface area contributed by atoms with E-state index in [0.29, 0.717) is 0 Å². The molecule has 0 spiro atoms. The Morgan fingerprint density at radius 1 is 0.487 bits per heavy atom. The first-order valence-corrected chi connectivity index (χ1v) is 25.3. The summed E-state index contributed by atoms with van der Waals surface area (Å²) in [6, 6.07) is 0. The molecule has 0 amide bonds. The van der Waals surface area contributed by atoms with Gasteiger partial charge in [0.15, 0.2) is 0 Å². The van der Waals surface area contributed by atoms with Gasteiger partial charge in [0.25, 0.3) is 0 Å². The fourth-order valence-corrected chi connectivity index (χ4v) is 15.0. The van der Waals surface area contributed by atoms with Crippen LogP contribution in [0.3, 0.4) is 0 Å². The summed E-state index contributed by atoms with van der Waals surface area (Å²) < 4.78 is 12.2. The third-order valence-electron chi connectivity index (χ3n) is 8.91. The zero-order chi connectivity index (χ0) is 28.6. The van der Waals surface area contributed by atoms with Crippen molar-refractivity contribution in [3.63, 3.8) is 0 Å². The number of unbranched alkanes of at least 4 members (excludes halogenated alkanes) is 22. The van der Waals surface area contributed by atoms with Crippen LogP contribution in [0.2, 0.25) is 21.3 Å². The van der Waals surface area contributed by atoms with Crippen molar-refractivity contribution in [3.05, 3.63) is 0 Å². The molecule has 0 aliphatic heterocycles. The minimum absolute atomic E-state index is 0. The van der Waals surface area contributed by atoms with Gasteiger partial charge in [0.05, 0.1) is 0 Å². The Morgan fingerprint density at radius 2 is 0.718 bits per heavy atom. The van der Waals surface area contributed by atoms with Crippen molar-refractivity contribution in [2.45, 2.75) is 202 Å². The van der Waals surface area contributed by atoms with Gasteiger partial charge in [-0.1, -0.05) is 39.5 Å². The largest absolute Gasteiger partial charge is 1.00 e. The summed E-state index contributed by atoms with van der Waals surface area (Å²) in [5.74, 6) is 0. The van der Waals surface area contributed by atoms with E-state index in [1.165, 1.54) is 141 Å². The maximum Gasteiger partial charge on any atom is -1.00 e. The summed E-state index contributed by atoms with van der Waals surface area (Å²) in [6.45, 7) is 4.56. The van der Waals surface area contributed by atoms with Crippen molar-refractivity contribution in [1.82, 2.24) is 0 Å². The Kier molecular flexibility index (Phi) is 29.5. The molecule has 0 aromatic heterocycles. The summed E-state index contributed by atoms with van der Waals surface area (Å²) in [5, 5.41) is 0. The first kappa shape index (κ1) is 42.6. The van der Waals surface area contributed by atoms with E-state index in [1.807, 2.05) is 0 Å². The van der Waals surface area contributed by atoms with Crippen LogP contribution in [0.1, 0.15) is 181 Å². The van der Waals surface area contributed by atoms with Gasteiger partial charge in [-0.3, -0.25) is 0 Å². The Balaban J connectivity index is 0. The van der Waals surface area contributed by atoms with Crippen LogP contribution in [0.5, 0.6) is 0 Å². The van der Waals surface area contributed by atoms with Gasteiger partial charge in [0, 0.05) is 0 Å². The second-order valence-electron chi connectivity index (χ2n) is 13.3. The SMILES string of the molecule is CCCCCCCCCCCCCCC(CCCCCCCCCCCCCC)(CP(=O)(O)O)[As+](C)(C)C.[I-]. The molecule has 0 saturated heterocycles. The molecule has 0 saturated carbocycles. The first-order chi connectivity index (χ1) is 18.1. The van der Waals surface area contributed by atoms with Crippen molar-refractivity contribution < 1.29 is 38.3 Å². The van der Waals surface area contributed by atoms with Crippen LogP contribution in [0.25, 0.3) is 0 Å². The average molecular weight is 749 g/mol. The van der Waals surface area contributed by atoms with E-state index in [1.54, 1.807) is 0 Å². The maximum absolute atomic E-state index is 12.3. The van der Waals surface area contributed by atoms with Gasteiger partial charge in [-0.15, -0.1) is 0 Å². The van der Waals surface area contributed by atoms with Crippen LogP contribution in [-0.2, 0) is 4.57 Å². The minimum atomic E-state index is -4.01. The van der Waals surface area contributed by atoms with Crippen LogP contribution in [0, 0.1) is 0 Å². The molecular weight excluding hydrogens is 677 g/mol. The summed E-state index contributed by atoms with van der Waals surface area (Å²) in [5.41, 5.74) is 7.15. The predicted molar refractivity (Wildman–Crippen MR) is 174 cm³/mol.